The summed E-state index contributed by atoms with van der Waals surface area (Å²) in [7, 11) is 1.58. The highest BCUT2D eigenvalue weighted by Crippen LogP contribution is 2.41. The average molecular weight is 558 g/mol. The minimum atomic E-state index is -3.81. The highest BCUT2D eigenvalue weighted by molar-refractivity contribution is 5.92. The molecule has 10 heteroatoms. The fourth-order valence-corrected chi connectivity index (χ4v) is 4.27. The van der Waals surface area contributed by atoms with Crippen molar-refractivity contribution in [1.29, 1.82) is 0 Å². The number of methoxy groups -OCH3 is 1. The standard InChI is InChI=1S/C30H34F3N3O4/c1-18(21-8-7-9-23(26(21)31)30(32,33)28(3,4)37)34-27-22-15-25(40-13-12-38-6)20(10-11-29(5)16-39-17-29)14-24(22)35-19(2)36-27/h7-9,14-15,18,37H,12-13,16-17H2,1-6H3,(H,34,35,36)/t18-/m1/s1. The molecule has 0 aliphatic carbocycles. The molecule has 0 saturated carbocycles. The molecule has 0 spiro atoms. The van der Waals surface area contributed by atoms with Crippen LogP contribution in [-0.4, -0.2) is 54.2 Å². The summed E-state index contributed by atoms with van der Waals surface area (Å²) in [6.07, 6.45) is 0. The smallest absolute Gasteiger partial charge is 0.303 e. The Morgan fingerprint density at radius 1 is 1.20 bits per heavy atom. The zero-order chi connectivity index (χ0) is 29.3. The molecule has 4 rings (SSSR count). The molecule has 1 aromatic heterocycles. The van der Waals surface area contributed by atoms with Crippen LogP contribution in [0.25, 0.3) is 10.9 Å². The van der Waals surface area contributed by atoms with Crippen molar-refractivity contribution in [3.05, 3.63) is 58.7 Å². The third kappa shape index (κ3) is 6.02. The molecule has 1 fully saturated rings. The lowest BCUT2D eigenvalue weighted by Crippen LogP contribution is -2.41. The Bertz CT molecular complexity index is 1460. The minimum Gasteiger partial charge on any atom is -0.490 e. The predicted octanol–water partition coefficient (Wildman–Crippen LogP) is 5.53. The molecule has 1 saturated heterocycles. The molecule has 0 radical (unpaired) electrons. The maximum atomic E-state index is 15.4. The Kier molecular flexibility index (Phi) is 8.31. The number of rotatable bonds is 9. The van der Waals surface area contributed by atoms with E-state index in [4.69, 9.17) is 14.2 Å². The first-order valence-corrected chi connectivity index (χ1v) is 13.0. The van der Waals surface area contributed by atoms with Gasteiger partial charge in [0, 0.05) is 18.1 Å². The first-order valence-electron chi connectivity index (χ1n) is 13.0. The van der Waals surface area contributed by atoms with Crippen LogP contribution in [0.5, 0.6) is 5.75 Å². The number of ether oxygens (including phenoxy) is 3. The second-order valence-corrected chi connectivity index (χ2v) is 10.8. The summed E-state index contributed by atoms with van der Waals surface area (Å²) < 4.78 is 61.5. The first-order chi connectivity index (χ1) is 18.8. The van der Waals surface area contributed by atoms with Gasteiger partial charge >= 0.3 is 5.92 Å². The van der Waals surface area contributed by atoms with Crippen molar-refractivity contribution < 1.29 is 32.5 Å². The summed E-state index contributed by atoms with van der Waals surface area (Å²) in [5, 5.41) is 13.7. The number of aryl methyl sites for hydroxylation is 1. The van der Waals surface area contributed by atoms with E-state index in [0.29, 0.717) is 53.7 Å². The molecule has 0 amide bonds. The molecule has 2 heterocycles. The van der Waals surface area contributed by atoms with Crippen LogP contribution in [0.2, 0.25) is 0 Å². The van der Waals surface area contributed by atoms with Gasteiger partial charge in [-0.3, -0.25) is 0 Å². The van der Waals surface area contributed by atoms with Gasteiger partial charge in [-0.2, -0.15) is 8.78 Å². The van der Waals surface area contributed by atoms with Gasteiger partial charge in [-0.05, 0) is 52.8 Å². The number of nitrogens with one attached hydrogen (secondary N) is 1. The maximum absolute atomic E-state index is 15.4. The Morgan fingerprint density at radius 2 is 1.93 bits per heavy atom. The fraction of sp³-hybridized carbons (Fsp3) is 0.467. The number of alkyl halides is 2. The number of nitrogens with zero attached hydrogens (tertiary/aromatic N) is 2. The minimum absolute atomic E-state index is 0.000793. The van der Waals surface area contributed by atoms with E-state index in [1.54, 1.807) is 27.0 Å². The molecule has 2 N–H and O–H groups in total. The fourth-order valence-electron chi connectivity index (χ4n) is 4.27. The molecule has 2 aromatic carbocycles. The van der Waals surface area contributed by atoms with Gasteiger partial charge < -0.3 is 24.6 Å². The van der Waals surface area contributed by atoms with E-state index >= 15 is 4.39 Å². The Hall–Kier alpha value is -3.39. The molecule has 40 heavy (non-hydrogen) atoms. The van der Waals surface area contributed by atoms with Crippen LogP contribution in [0.3, 0.4) is 0 Å². The molecule has 214 valence electrons. The monoisotopic (exact) mass is 557 g/mol. The van der Waals surface area contributed by atoms with Crippen molar-refractivity contribution in [2.75, 3.05) is 38.9 Å². The number of halogens is 3. The maximum Gasteiger partial charge on any atom is 0.303 e. The van der Waals surface area contributed by atoms with Crippen molar-refractivity contribution in [2.24, 2.45) is 5.41 Å². The lowest BCUT2D eigenvalue weighted by Gasteiger charge is -2.32. The topological polar surface area (TPSA) is 85.7 Å². The summed E-state index contributed by atoms with van der Waals surface area (Å²) in [6.45, 7) is 9.05. The van der Waals surface area contributed by atoms with Crippen LogP contribution in [0.1, 0.15) is 56.3 Å². The van der Waals surface area contributed by atoms with Crippen molar-refractivity contribution >= 4 is 16.7 Å². The molecule has 1 atom stereocenters. The molecular formula is C30H34F3N3O4. The summed E-state index contributed by atoms with van der Waals surface area (Å²) in [5.41, 5.74) is -2.34. The zero-order valence-electron chi connectivity index (χ0n) is 23.5. The van der Waals surface area contributed by atoms with Gasteiger partial charge in [0.25, 0.3) is 0 Å². The molecule has 1 aliphatic heterocycles. The van der Waals surface area contributed by atoms with Crippen LogP contribution in [0.15, 0.2) is 30.3 Å². The number of anilines is 1. The summed E-state index contributed by atoms with van der Waals surface area (Å²) >= 11 is 0. The van der Waals surface area contributed by atoms with E-state index in [1.165, 1.54) is 12.1 Å². The van der Waals surface area contributed by atoms with Crippen molar-refractivity contribution in [3.63, 3.8) is 0 Å². The number of hydrogen-bond donors (Lipinski definition) is 2. The quantitative estimate of drug-likeness (QED) is 0.265. The van der Waals surface area contributed by atoms with Crippen LogP contribution in [0, 0.1) is 30.0 Å². The molecular weight excluding hydrogens is 523 g/mol. The van der Waals surface area contributed by atoms with E-state index in [9.17, 15) is 13.9 Å². The van der Waals surface area contributed by atoms with Crippen molar-refractivity contribution in [2.45, 2.75) is 52.2 Å². The van der Waals surface area contributed by atoms with Crippen LogP contribution >= 0.6 is 0 Å². The van der Waals surface area contributed by atoms with Gasteiger partial charge in [0.1, 0.15) is 35.4 Å². The van der Waals surface area contributed by atoms with E-state index in [1.807, 2.05) is 13.0 Å². The van der Waals surface area contributed by atoms with Crippen LogP contribution in [0.4, 0.5) is 19.0 Å². The molecule has 0 unspecified atom stereocenters. The third-order valence-electron chi connectivity index (χ3n) is 6.75. The summed E-state index contributed by atoms with van der Waals surface area (Å²) in [4.78, 5) is 9.08. The first kappa shape index (κ1) is 29.6. The van der Waals surface area contributed by atoms with E-state index in [0.717, 1.165) is 19.9 Å². The summed E-state index contributed by atoms with van der Waals surface area (Å²) in [5.74, 6) is 2.89. The lowest BCUT2D eigenvalue weighted by molar-refractivity contribution is -0.170. The zero-order valence-corrected chi connectivity index (χ0v) is 23.5. The Labute approximate surface area is 232 Å². The van der Waals surface area contributed by atoms with E-state index in [-0.39, 0.29) is 17.6 Å². The largest absolute Gasteiger partial charge is 0.490 e. The molecule has 7 nitrogen and oxygen atoms in total. The third-order valence-corrected chi connectivity index (χ3v) is 6.75. The van der Waals surface area contributed by atoms with Gasteiger partial charge in [-0.1, -0.05) is 24.0 Å². The lowest BCUT2D eigenvalue weighted by atomic mass is 9.89. The van der Waals surface area contributed by atoms with Crippen molar-refractivity contribution in [3.8, 4) is 17.6 Å². The Morgan fingerprint density at radius 3 is 2.55 bits per heavy atom. The highest BCUT2D eigenvalue weighted by atomic mass is 19.3. The van der Waals surface area contributed by atoms with Gasteiger partial charge in [0.2, 0.25) is 0 Å². The number of aromatic nitrogens is 2. The molecule has 1 aliphatic rings. The van der Waals surface area contributed by atoms with Gasteiger partial charge in [0.05, 0.1) is 47.9 Å². The van der Waals surface area contributed by atoms with Crippen LogP contribution in [-0.2, 0) is 15.4 Å². The van der Waals surface area contributed by atoms with Gasteiger partial charge in [-0.25, -0.2) is 14.4 Å². The molecule has 3 aromatic rings. The van der Waals surface area contributed by atoms with Crippen molar-refractivity contribution in [1.82, 2.24) is 9.97 Å². The van der Waals surface area contributed by atoms with E-state index in [2.05, 4.69) is 27.1 Å². The Balaban J connectivity index is 1.74. The predicted molar refractivity (Wildman–Crippen MR) is 146 cm³/mol. The second kappa shape index (κ2) is 11.2. The highest BCUT2D eigenvalue weighted by Gasteiger charge is 2.49. The van der Waals surface area contributed by atoms with Crippen LogP contribution < -0.4 is 10.1 Å². The second-order valence-electron chi connectivity index (χ2n) is 10.8. The molecule has 0 bridgehead atoms. The number of benzene rings is 2. The normalized spacial score (nSPS) is 15.7. The summed E-state index contributed by atoms with van der Waals surface area (Å²) in [6, 6.07) is 6.56. The SMILES string of the molecule is COCCOc1cc2c(N[C@H](C)c3cccc(C(F)(F)C(C)(C)O)c3F)nc(C)nc2cc1C#CC1(C)COC1. The number of fused-ring (bicyclic) bond motifs is 1. The average Bonchev–Trinajstić information content (AvgIpc) is 2.85. The van der Waals surface area contributed by atoms with Gasteiger partial charge in [-0.15, -0.1) is 0 Å². The van der Waals surface area contributed by atoms with E-state index < -0.39 is 28.9 Å². The van der Waals surface area contributed by atoms with Gasteiger partial charge in [0.15, 0.2) is 0 Å². The number of hydrogen-bond acceptors (Lipinski definition) is 7. The number of aliphatic hydroxyl groups is 1.